The third kappa shape index (κ3) is 12.2. The molecule has 0 aliphatic carbocycles. The molecule has 0 saturated carbocycles. The molecule has 0 rings (SSSR count). The van der Waals surface area contributed by atoms with Crippen molar-refractivity contribution in [2.45, 2.75) is 25.7 Å². The third-order valence-electron chi connectivity index (χ3n) is 1.58. The van der Waals surface area contributed by atoms with E-state index in [-0.39, 0.29) is 18.6 Å². The molecule has 0 aromatic rings. The monoisotopic (exact) mass is 244 g/mol. The minimum atomic E-state index is -4.41. The quantitative estimate of drug-likeness (QED) is 0.322. The van der Waals surface area contributed by atoms with Crippen LogP contribution in [0.5, 0.6) is 0 Å². The lowest BCUT2D eigenvalue weighted by Crippen LogP contribution is -2.34. The van der Waals surface area contributed by atoms with E-state index in [9.17, 15) is 23.1 Å². The van der Waals surface area contributed by atoms with Crippen LogP contribution in [0.15, 0.2) is 0 Å². The van der Waals surface area contributed by atoms with E-state index in [1.807, 2.05) is 0 Å². The van der Waals surface area contributed by atoms with E-state index >= 15 is 0 Å². The minimum Gasteiger partial charge on any atom is -0.688 e. The molecule has 86 valence electrons. The molecular weight excluding hydrogens is 231 g/mol. The summed E-state index contributed by atoms with van der Waals surface area (Å²) in [5.41, 5.74) is 0. The molecule has 0 radical (unpaired) electrons. The van der Waals surface area contributed by atoms with Gasteiger partial charge in [0, 0.05) is 6.16 Å². The Labute approximate surface area is 83.9 Å². The van der Waals surface area contributed by atoms with Crippen LogP contribution in [0.3, 0.4) is 0 Å². The maximum absolute atomic E-state index is 10.2. The fourth-order valence-corrected chi connectivity index (χ4v) is 2.12. The lowest BCUT2D eigenvalue weighted by atomic mass is 10.2. The highest BCUT2D eigenvalue weighted by Crippen LogP contribution is 2.29. The average Bonchev–Trinajstić information content (AvgIpc) is 1.92. The summed E-state index contributed by atoms with van der Waals surface area (Å²) >= 11 is 0. The molecule has 0 aromatic heterocycles. The summed E-state index contributed by atoms with van der Waals surface area (Å²) in [6, 6.07) is 0. The van der Waals surface area contributed by atoms with Crippen molar-refractivity contribution >= 4 is 18.1 Å². The maximum Gasteiger partial charge on any atom is 0.264 e. The molecule has 0 amide bonds. The van der Waals surface area contributed by atoms with Crippen LogP contribution in [0, 0.1) is 0 Å². The van der Waals surface area contributed by atoms with Crippen molar-refractivity contribution in [1.82, 2.24) is 0 Å². The van der Waals surface area contributed by atoms with Gasteiger partial charge in [-0.05, 0) is 19.3 Å². The lowest BCUT2D eigenvalue weighted by molar-refractivity contribution is -0.427. The second-order valence-corrected chi connectivity index (χ2v) is 6.28. The van der Waals surface area contributed by atoms with Gasteiger partial charge in [-0.1, -0.05) is 6.42 Å². The summed E-state index contributed by atoms with van der Waals surface area (Å²) in [4.78, 5) is 30.5. The summed E-state index contributed by atoms with van der Waals surface area (Å²) in [7, 11) is -8.33. The summed E-state index contributed by atoms with van der Waals surface area (Å²) in [5, 5.41) is 0. The zero-order valence-corrected chi connectivity index (χ0v) is 9.30. The molecule has 0 spiro atoms. The van der Waals surface area contributed by atoms with Gasteiger partial charge in [0.15, 0.2) is 0 Å². The van der Waals surface area contributed by atoms with E-state index in [2.05, 4.69) is 0 Å². The SMILES string of the molecule is O=S(=O)(O)CCCCCC[P+]([O-])([O-])[O-]. The molecule has 0 bridgehead atoms. The smallest absolute Gasteiger partial charge is 0.264 e. The lowest BCUT2D eigenvalue weighted by Gasteiger charge is -2.42. The predicted molar refractivity (Wildman–Crippen MR) is 46.7 cm³/mol. The second kappa shape index (κ2) is 5.95. The van der Waals surface area contributed by atoms with Gasteiger partial charge in [-0.3, -0.25) is 4.55 Å². The molecule has 6 nitrogen and oxygen atoms in total. The Balaban J connectivity index is 3.32. The Kier molecular flexibility index (Phi) is 6.04. The molecule has 0 fully saturated rings. The number of unbranched alkanes of at least 4 members (excludes halogenated alkanes) is 3. The molecule has 0 aliphatic rings. The first-order chi connectivity index (χ1) is 6.21. The van der Waals surface area contributed by atoms with Crippen molar-refractivity contribution in [1.29, 1.82) is 0 Å². The van der Waals surface area contributed by atoms with Gasteiger partial charge in [0.25, 0.3) is 10.1 Å². The number of hydrogen-bond donors (Lipinski definition) is 1. The van der Waals surface area contributed by atoms with E-state index < -0.39 is 24.2 Å². The molecule has 8 heteroatoms. The number of rotatable bonds is 7. The summed E-state index contributed by atoms with van der Waals surface area (Å²) in [6.45, 7) is 0. The van der Waals surface area contributed by atoms with Gasteiger partial charge < -0.3 is 14.7 Å². The van der Waals surface area contributed by atoms with Crippen LogP contribution < -0.4 is 14.7 Å². The van der Waals surface area contributed by atoms with Crippen LogP contribution in [0.4, 0.5) is 0 Å². The molecule has 0 unspecified atom stereocenters. The molecule has 0 heterocycles. The first-order valence-corrected chi connectivity index (χ1v) is 7.51. The highest BCUT2D eigenvalue weighted by atomic mass is 32.2. The van der Waals surface area contributed by atoms with Crippen LogP contribution in [-0.4, -0.2) is 24.9 Å². The second-order valence-electron chi connectivity index (χ2n) is 3.03. The first kappa shape index (κ1) is 14.2. The molecule has 0 aliphatic heterocycles. The van der Waals surface area contributed by atoms with Crippen LogP contribution in [0.2, 0.25) is 0 Å². The largest absolute Gasteiger partial charge is 0.688 e. The Morgan fingerprint density at radius 3 is 1.93 bits per heavy atom. The molecular formula is C6H13O6PS-2. The highest BCUT2D eigenvalue weighted by molar-refractivity contribution is 7.85. The van der Waals surface area contributed by atoms with Gasteiger partial charge in [0.1, 0.15) is 0 Å². The van der Waals surface area contributed by atoms with Gasteiger partial charge in [-0.25, -0.2) is 0 Å². The van der Waals surface area contributed by atoms with Gasteiger partial charge >= 0.3 is 0 Å². The van der Waals surface area contributed by atoms with Crippen molar-refractivity contribution in [3.05, 3.63) is 0 Å². The molecule has 0 aromatic carbocycles. The van der Waals surface area contributed by atoms with Gasteiger partial charge in [-0.2, -0.15) is 16.4 Å². The Bertz CT molecular complexity index is 244. The van der Waals surface area contributed by atoms with Crippen molar-refractivity contribution in [3.8, 4) is 0 Å². The molecule has 1 N–H and O–H groups in total. The van der Waals surface area contributed by atoms with Crippen LogP contribution in [0.25, 0.3) is 0 Å². The Hall–Kier alpha value is 0.220. The van der Waals surface area contributed by atoms with Crippen molar-refractivity contribution in [3.63, 3.8) is 0 Å². The molecule has 14 heavy (non-hydrogen) atoms. The van der Waals surface area contributed by atoms with Gasteiger partial charge in [0.05, 0.1) is 5.75 Å². The topological polar surface area (TPSA) is 124 Å². The fraction of sp³-hybridized carbons (Fsp3) is 1.00. The van der Waals surface area contributed by atoms with E-state index in [1.54, 1.807) is 0 Å². The van der Waals surface area contributed by atoms with E-state index in [1.165, 1.54) is 0 Å². The highest BCUT2D eigenvalue weighted by Gasteiger charge is 2.03. The van der Waals surface area contributed by atoms with Crippen LogP contribution in [-0.2, 0) is 10.1 Å². The first-order valence-electron chi connectivity index (χ1n) is 4.17. The molecule has 0 saturated heterocycles. The third-order valence-corrected chi connectivity index (χ3v) is 3.25. The summed E-state index contributed by atoms with van der Waals surface area (Å²) < 4.78 is 28.8. The summed E-state index contributed by atoms with van der Waals surface area (Å²) in [5.74, 6) is -0.320. The maximum atomic E-state index is 10.2. The van der Waals surface area contributed by atoms with Crippen molar-refractivity contribution < 1.29 is 27.7 Å². The van der Waals surface area contributed by atoms with Crippen molar-refractivity contribution in [2.75, 3.05) is 11.9 Å². The van der Waals surface area contributed by atoms with Crippen LogP contribution >= 0.6 is 7.94 Å². The van der Waals surface area contributed by atoms with E-state index in [0.717, 1.165) is 0 Å². The van der Waals surface area contributed by atoms with Gasteiger partial charge in [-0.15, -0.1) is 0 Å². The standard InChI is InChI=1S/C6H15O6PS/c7-13(8,9)5-3-1-2-4-6-14(10,11)12/h1-6H2,(H2,7,8,9)(H,10,11,12)/p-2. The van der Waals surface area contributed by atoms with Gasteiger partial charge in [0.2, 0.25) is 0 Å². The van der Waals surface area contributed by atoms with Crippen LogP contribution in [0.1, 0.15) is 25.7 Å². The zero-order valence-electron chi connectivity index (χ0n) is 7.59. The normalized spacial score (nSPS) is 13.1. The van der Waals surface area contributed by atoms with E-state index in [4.69, 9.17) is 4.55 Å². The predicted octanol–water partition coefficient (Wildman–Crippen LogP) is -1.72. The van der Waals surface area contributed by atoms with Crippen molar-refractivity contribution in [2.24, 2.45) is 0 Å². The Morgan fingerprint density at radius 2 is 1.50 bits per heavy atom. The van der Waals surface area contributed by atoms with E-state index in [0.29, 0.717) is 12.8 Å². The zero-order chi connectivity index (χ0) is 11.2. The average molecular weight is 244 g/mol. The minimum absolute atomic E-state index is 0.246. The fourth-order valence-electron chi connectivity index (χ4n) is 0.943. The Morgan fingerprint density at radius 1 is 1.00 bits per heavy atom. The molecule has 0 atom stereocenters. The number of hydrogen-bond acceptors (Lipinski definition) is 5. The summed E-state index contributed by atoms with van der Waals surface area (Å²) in [6.07, 6.45) is 1.10.